The van der Waals surface area contributed by atoms with Gasteiger partial charge in [-0.3, -0.25) is 4.79 Å². The molecule has 0 bridgehead atoms. The van der Waals surface area contributed by atoms with Crippen LogP contribution in [-0.4, -0.2) is 48.2 Å². The standard InChI is InChI=1S/C14H26N2O2/c1-12(18)16-8-4-13(5-9-16)15-10-14(11-17)6-2-3-7-14/h13,15,17H,2-11H2,1H3. The van der Waals surface area contributed by atoms with Crippen LogP contribution in [0.1, 0.15) is 45.4 Å². The fourth-order valence-electron chi connectivity index (χ4n) is 3.28. The fraction of sp³-hybridized carbons (Fsp3) is 0.929. The maximum Gasteiger partial charge on any atom is 0.219 e. The summed E-state index contributed by atoms with van der Waals surface area (Å²) < 4.78 is 0. The van der Waals surface area contributed by atoms with Crippen molar-refractivity contribution in [3.05, 3.63) is 0 Å². The van der Waals surface area contributed by atoms with E-state index in [0.29, 0.717) is 12.6 Å². The highest BCUT2D eigenvalue weighted by atomic mass is 16.3. The van der Waals surface area contributed by atoms with E-state index in [1.54, 1.807) is 6.92 Å². The molecule has 2 aliphatic rings. The van der Waals surface area contributed by atoms with E-state index < -0.39 is 0 Å². The monoisotopic (exact) mass is 254 g/mol. The Hall–Kier alpha value is -0.610. The molecule has 1 saturated heterocycles. The Morgan fingerprint density at radius 3 is 2.44 bits per heavy atom. The third kappa shape index (κ3) is 3.23. The van der Waals surface area contributed by atoms with Crippen LogP contribution < -0.4 is 5.32 Å². The first kappa shape index (κ1) is 13.8. The average Bonchev–Trinajstić information content (AvgIpc) is 2.86. The molecule has 4 nitrogen and oxygen atoms in total. The molecule has 1 heterocycles. The van der Waals surface area contributed by atoms with Gasteiger partial charge in [-0.25, -0.2) is 0 Å². The van der Waals surface area contributed by atoms with Crippen molar-refractivity contribution in [1.82, 2.24) is 10.2 Å². The number of likely N-dealkylation sites (tertiary alicyclic amines) is 1. The second kappa shape index (κ2) is 6.02. The molecule has 2 rings (SSSR count). The van der Waals surface area contributed by atoms with E-state index in [4.69, 9.17) is 0 Å². The summed E-state index contributed by atoms with van der Waals surface area (Å²) in [4.78, 5) is 13.2. The summed E-state index contributed by atoms with van der Waals surface area (Å²) in [6.45, 7) is 4.64. The number of nitrogens with one attached hydrogen (secondary N) is 1. The Morgan fingerprint density at radius 1 is 1.33 bits per heavy atom. The minimum absolute atomic E-state index is 0.137. The third-order valence-corrected chi connectivity index (χ3v) is 4.71. The lowest BCUT2D eigenvalue weighted by atomic mass is 9.86. The molecule has 2 fully saturated rings. The Kier molecular flexibility index (Phi) is 4.62. The maximum atomic E-state index is 11.2. The summed E-state index contributed by atoms with van der Waals surface area (Å²) in [6, 6.07) is 0.518. The van der Waals surface area contributed by atoms with Crippen LogP contribution in [-0.2, 0) is 4.79 Å². The van der Waals surface area contributed by atoms with E-state index in [-0.39, 0.29) is 11.3 Å². The van der Waals surface area contributed by atoms with E-state index in [1.807, 2.05) is 4.90 Å². The Morgan fingerprint density at radius 2 is 1.94 bits per heavy atom. The third-order valence-electron chi connectivity index (χ3n) is 4.71. The second-order valence-electron chi connectivity index (χ2n) is 6.03. The summed E-state index contributed by atoms with van der Waals surface area (Å²) >= 11 is 0. The number of carbonyl (C=O) groups excluding carboxylic acids is 1. The average molecular weight is 254 g/mol. The predicted octanol–water partition coefficient (Wildman–Crippen LogP) is 1.14. The van der Waals surface area contributed by atoms with Crippen LogP contribution in [0, 0.1) is 5.41 Å². The van der Waals surface area contributed by atoms with Crippen LogP contribution in [0.5, 0.6) is 0 Å². The summed E-state index contributed by atoms with van der Waals surface area (Å²) in [5.74, 6) is 0.191. The van der Waals surface area contributed by atoms with Crippen LogP contribution in [0.2, 0.25) is 0 Å². The summed E-state index contributed by atoms with van der Waals surface area (Å²) in [6.07, 6.45) is 6.91. The molecule has 1 aliphatic heterocycles. The molecular weight excluding hydrogens is 228 g/mol. The maximum absolute atomic E-state index is 11.2. The van der Waals surface area contributed by atoms with Gasteiger partial charge in [0.05, 0.1) is 0 Å². The van der Waals surface area contributed by atoms with Gasteiger partial charge in [0.2, 0.25) is 5.91 Å². The molecule has 1 saturated carbocycles. The number of hydrogen-bond acceptors (Lipinski definition) is 3. The van der Waals surface area contributed by atoms with E-state index in [1.165, 1.54) is 12.8 Å². The molecule has 4 heteroatoms. The van der Waals surface area contributed by atoms with Crippen molar-refractivity contribution in [2.45, 2.75) is 51.5 Å². The molecule has 18 heavy (non-hydrogen) atoms. The zero-order chi connectivity index (χ0) is 13.0. The molecule has 0 aromatic heterocycles. The smallest absolute Gasteiger partial charge is 0.219 e. The number of piperidine rings is 1. The first-order valence-electron chi connectivity index (χ1n) is 7.25. The molecule has 2 N–H and O–H groups in total. The van der Waals surface area contributed by atoms with Gasteiger partial charge in [-0.15, -0.1) is 0 Å². The number of aliphatic hydroxyl groups excluding tert-OH is 1. The van der Waals surface area contributed by atoms with Crippen LogP contribution in [0.25, 0.3) is 0 Å². The van der Waals surface area contributed by atoms with Gasteiger partial charge < -0.3 is 15.3 Å². The van der Waals surface area contributed by atoms with Crippen molar-refractivity contribution in [3.63, 3.8) is 0 Å². The lowest BCUT2D eigenvalue weighted by Gasteiger charge is -2.35. The van der Waals surface area contributed by atoms with Gasteiger partial charge >= 0.3 is 0 Å². The van der Waals surface area contributed by atoms with Gasteiger partial charge in [0, 0.05) is 44.6 Å². The molecule has 0 atom stereocenters. The highest BCUT2D eigenvalue weighted by Gasteiger charge is 2.33. The molecule has 1 aliphatic carbocycles. The van der Waals surface area contributed by atoms with Gasteiger partial charge in [-0.2, -0.15) is 0 Å². The quantitative estimate of drug-likeness (QED) is 0.791. The highest BCUT2D eigenvalue weighted by molar-refractivity contribution is 5.73. The summed E-state index contributed by atoms with van der Waals surface area (Å²) in [5, 5.41) is 13.2. The highest BCUT2D eigenvalue weighted by Crippen LogP contribution is 2.37. The minimum Gasteiger partial charge on any atom is -0.396 e. The van der Waals surface area contributed by atoms with Crippen molar-refractivity contribution in [2.24, 2.45) is 5.41 Å². The van der Waals surface area contributed by atoms with Gasteiger partial charge in [0.1, 0.15) is 0 Å². The Bertz CT molecular complexity index is 280. The first-order valence-corrected chi connectivity index (χ1v) is 7.25. The molecule has 0 unspecified atom stereocenters. The van der Waals surface area contributed by atoms with Gasteiger partial charge in [-0.1, -0.05) is 12.8 Å². The van der Waals surface area contributed by atoms with E-state index in [9.17, 15) is 9.90 Å². The topological polar surface area (TPSA) is 52.6 Å². The van der Waals surface area contributed by atoms with Crippen molar-refractivity contribution in [2.75, 3.05) is 26.2 Å². The second-order valence-corrected chi connectivity index (χ2v) is 6.03. The largest absolute Gasteiger partial charge is 0.396 e. The van der Waals surface area contributed by atoms with E-state index in [2.05, 4.69) is 5.32 Å². The minimum atomic E-state index is 0.137. The lowest BCUT2D eigenvalue weighted by molar-refractivity contribution is -0.129. The van der Waals surface area contributed by atoms with Gasteiger partial charge in [-0.05, 0) is 25.7 Å². The normalized spacial score (nSPS) is 24.4. The molecule has 1 amide bonds. The van der Waals surface area contributed by atoms with E-state index in [0.717, 1.165) is 45.3 Å². The Labute approximate surface area is 110 Å². The summed E-state index contributed by atoms with van der Waals surface area (Å²) in [7, 11) is 0. The molecule has 0 spiro atoms. The van der Waals surface area contributed by atoms with Crippen molar-refractivity contribution in [3.8, 4) is 0 Å². The van der Waals surface area contributed by atoms with Crippen LogP contribution in [0.15, 0.2) is 0 Å². The lowest BCUT2D eigenvalue weighted by Crippen LogP contribution is -2.47. The van der Waals surface area contributed by atoms with Gasteiger partial charge in [0.25, 0.3) is 0 Å². The van der Waals surface area contributed by atoms with Crippen molar-refractivity contribution < 1.29 is 9.90 Å². The van der Waals surface area contributed by atoms with Crippen LogP contribution in [0.3, 0.4) is 0 Å². The zero-order valence-electron chi connectivity index (χ0n) is 11.5. The Balaban J connectivity index is 1.73. The number of rotatable bonds is 4. The fourth-order valence-corrected chi connectivity index (χ4v) is 3.28. The summed E-state index contributed by atoms with van der Waals surface area (Å²) in [5.41, 5.74) is 0.137. The van der Waals surface area contributed by atoms with Crippen molar-refractivity contribution >= 4 is 5.91 Å². The van der Waals surface area contributed by atoms with Gasteiger partial charge in [0.15, 0.2) is 0 Å². The molecule has 104 valence electrons. The number of nitrogens with zero attached hydrogens (tertiary/aromatic N) is 1. The zero-order valence-corrected chi connectivity index (χ0v) is 11.5. The van der Waals surface area contributed by atoms with Crippen LogP contribution >= 0.6 is 0 Å². The molecular formula is C14H26N2O2. The SMILES string of the molecule is CC(=O)N1CCC(NCC2(CO)CCCC2)CC1. The number of carbonyl (C=O) groups is 1. The molecule has 0 radical (unpaired) electrons. The molecule has 0 aromatic carbocycles. The number of aliphatic hydroxyl groups is 1. The van der Waals surface area contributed by atoms with Crippen LogP contribution in [0.4, 0.5) is 0 Å². The van der Waals surface area contributed by atoms with E-state index >= 15 is 0 Å². The number of amides is 1. The number of hydrogen-bond donors (Lipinski definition) is 2. The predicted molar refractivity (Wildman–Crippen MR) is 71.3 cm³/mol. The van der Waals surface area contributed by atoms with Crippen molar-refractivity contribution in [1.29, 1.82) is 0 Å². The molecule has 0 aromatic rings. The first-order chi connectivity index (χ1) is 8.65.